The topological polar surface area (TPSA) is 49.3 Å². The number of nitrogens with one attached hydrogen (secondary N) is 1. The molecular formula is C17H25NO2. The van der Waals surface area contributed by atoms with Crippen LogP contribution in [0.5, 0.6) is 0 Å². The molecule has 1 saturated carbocycles. The Hall–Kier alpha value is -1.35. The molecule has 1 atom stereocenters. The first-order valence-electron chi connectivity index (χ1n) is 7.67. The van der Waals surface area contributed by atoms with E-state index in [0.717, 1.165) is 32.1 Å². The maximum absolute atomic E-state index is 10.9. The van der Waals surface area contributed by atoms with Gasteiger partial charge in [-0.1, -0.05) is 31.2 Å². The minimum Gasteiger partial charge on any atom is -0.481 e. The molecule has 1 aliphatic carbocycles. The van der Waals surface area contributed by atoms with Gasteiger partial charge in [0, 0.05) is 12.1 Å². The summed E-state index contributed by atoms with van der Waals surface area (Å²) in [6.45, 7) is 4.35. The van der Waals surface area contributed by atoms with Gasteiger partial charge in [0.15, 0.2) is 0 Å². The Morgan fingerprint density at radius 1 is 1.25 bits per heavy atom. The summed E-state index contributed by atoms with van der Waals surface area (Å²) in [5.41, 5.74) is 2.67. The molecule has 3 heteroatoms. The van der Waals surface area contributed by atoms with Crippen molar-refractivity contribution >= 4 is 5.97 Å². The van der Waals surface area contributed by atoms with Crippen LogP contribution < -0.4 is 5.32 Å². The average Bonchev–Trinajstić information content (AvgIpc) is 2.48. The largest absolute Gasteiger partial charge is 0.481 e. The van der Waals surface area contributed by atoms with Crippen LogP contribution in [-0.4, -0.2) is 17.1 Å². The summed E-state index contributed by atoms with van der Waals surface area (Å²) in [6, 6.07) is 9.54. The zero-order valence-corrected chi connectivity index (χ0v) is 12.4. The summed E-state index contributed by atoms with van der Waals surface area (Å²) in [5, 5.41) is 12.7. The average molecular weight is 275 g/mol. The van der Waals surface area contributed by atoms with Crippen LogP contribution in [0.25, 0.3) is 0 Å². The second-order valence-electron chi connectivity index (χ2n) is 5.87. The first kappa shape index (κ1) is 15.0. The molecule has 1 fully saturated rings. The molecule has 110 valence electrons. The van der Waals surface area contributed by atoms with Gasteiger partial charge in [-0.15, -0.1) is 0 Å². The highest BCUT2D eigenvalue weighted by Gasteiger charge is 2.26. The van der Waals surface area contributed by atoms with Crippen LogP contribution in [0.15, 0.2) is 24.3 Å². The van der Waals surface area contributed by atoms with E-state index in [1.807, 2.05) is 0 Å². The van der Waals surface area contributed by atoms with Gasteiger partial charge in [0.2, 0.25) is 0 Å². The summed E-state index contributed by atoms with van der Waals surface area (Å²) in [6.07, 6.45) is 4.60. The maximum atomic E-state index is 10.9. The van der Waals surface area contributed by atoms with Crippen LogP contribution in [-0.2, 0) is 11.2 Å². The number of carboxylic acids is 1. The molecule has 3 nitrogen and oxygen atoms in total. The molecular weight excluding hydrogens is 250 g/mol. The number of aliphatic carboxylic acids is 1. The third-order valence-electron chi connectivity index (χ3n) is 4.45. The van der Waals surface area contributed by atoms with E-state index in [1.54, 1.807) is 0 Å². The quantitative estimate of drug-likeness (QED) is 0.864. The number of carboxylic acid groups (broad SMARTS) is 1. The number of carbonyl (C=O) groups is 1. The minimum absolute atomic E-state index is 0.132. The number of rotatable bonds is 5. The molecule has 0 saturated heterocycles. The molecule has 0 aromatic heterocycles. The van der Waals surface area contributed by atoms with E-state index < -0.39 is 5.97 Å². The molecule has 1 aromatic carbocycles. The van der Waals surface area contributed by atoms with Crippen LogP contribution in [0.4, 0.5) is 0 Å². The summed E-state index contributed by atoms with van der Waals surface area (Å²) >= 11 is 0. The highest BCUT2D eigenvalue weighted by Crippen LogP contribution is 2.26. The second-order valence-corrected chi connectivity index (χ2v) is 5.87. The van der Waals surface area contributed by atoms with Crippen molar-refractivity contribution < 1.29 is 9.90 Å². The van der Waals surface area contributed by atoms with Crippen LogP contribution in [0.1, 0.15) is 56.7 Å². The lowest BCUT2D eigenvalue weighted by molar-refractivity contribution is -0.142. The third kappa shape index (κ3) is 3.83. The zero-order chi connectivity index (χ0) is 14.5. The van der Waals surface area contributed by atoms with Gasteiger partial charge in [0.05, 0.1) is 5.92 Å². The lowest BCUT2D eigenvalue weighted by Gasteiger charge is -2.29. The summed E-state index contributed by atoms with van der Waals surface area (Å²) in [5.74, 6) is -0.765. The van der Waals surface area contributed by atoms with Crippen molar-refractivity contribution in [3.05, 3.63) is 35.4 Å². The van der Waals surface area contributed by atoms with E-state index in [9.17, 15) is 4.79 Å². The molecule has 0 radical (unpaired) electrons. The fourth-order valence-electron chi connectivity index (χ4n) is 3.00. The van der Waals surface area contributed by atoms with Crippen molar-refractivity contribution in [2.45, 2.75) is 58.0 Å². The fourth-order valence-corrected chi connectivity index (χ4v) is 3.00. The van der Waals surface area contributed by atoms with Gasteiger partial charge in [-0.3, -0.25) is 4.79 Å². The van der Waals surface area contributed by atoms with Gasteiger partial charge < -0.3 is 10.4 Å². The van der Waals surface area contributed by atoms with Crippen molar-refractivity contribution in [2.24, 2.45) is 5.92 Å². The molecule has 1 aromatic rings. The van der Waals surface area contributed by atoms with Crippen LogP contribution in [0.2, 0.25) is 0 Å². The van der Waals surface area contributed by atoms with Gasteiger partial charge in [0.25, 0.3) is 0 Å². The van der Waals surface area contributed by atoms with E-state index in [1.165, 1.54) is 11.1 Å². The molecule has 0 spiro atoms. The maximum Gasteiger partial charge on any atom is 0.306 e. The molecule has 2 N–H and O–H groups in total. The lowest BCUT2D eigenvalue weighted by atomic mass is 9.85. The molecule has 1 aliphatic rings. The van der Waals surface area contributed by atoms with E-state index in [2.05, 4.69) is 43.4 Å². The lowest BCUT2D eigenvalue weighted by Crippen LogP contribution is -2.36. The molecule has 1 unspecified atom stereocenters. The van der Waals surface area contributed by atoms with Crippen LogP contribution in [0.3, 0.4) is 0 Å². The number of benzene rings is 1. The van der Waals surface area contributed by atoms with E-state index >= 15 is 0 Å². The summed E-state index contributed by atoms with van der Waals surface area (Å²) < 4.78 is 0. The van der Waals surface area contributed by atoms with Crippen molar-refractivity contribution in [1.82, 2.24) is 5.32 Å². The first-order chi connectivity index (χ1) is 9.60. The summed E-state index contributed by atoms with van der Waals surface area (Å²) in [7, 11) is 0. The zero-order valence-electron chi connectivity index (χ0n) is 12.4. The first-order valence-corrected chi connectivity index (χ1v) is 7.67. The molecule has 0 aliphatic heterocycles. The highest BCUT2D eigenvalue weighted by atomic mass is 16.4. The van der Waals surface area contributed by atoms with Gasteiger partial charge in [-0.2, -0.15) is 0 Å². The smallest absolute Gasteiger partial charge is 0.306 e. The highest BCUT2D eigenvalue weighted by molar-refractivity contribution is 5.70. The number of hydrogen-bond donors (Lipinski definition) is 2. The van der Waals surface area contributed by atoms with Crippen molar-refractivity contribution in [1.29, 1.82) is 0 Å². The van der Waals surface area contributed by atoms with E-state index in [0.29, 0.717) is 12.1 Å². The molecule has 20 heavy (non-hydrogen) atoms. The number of aryl methyl sites for hydroxylation is 1. The molecule has 0 bridgehead atoms. The van der Waals surface area contributed by atoms with Crippen LogP contribution in [0, 0.1) is 5.92 Å². The second kappa shape index (κ2) is 6.89. The van der Waals surface area contributed by atoms with Gasteiger partial charge in [0.1, 0.15) is 0 Å². The molecule has 0 amide bonds. The van der Waals surface area contributed by atoms with E-state index in [-0.39, 0.29) is 5.92 Å². The fraction of sp³-hybridized carbons (Fsp3) is 0.588. The Labute approximate surface area is 121 Å². The standard InChI is InChI=1S/C17H25NO2/c1-3-13-4-6-14(7-5-13)12(2)18-16-10-8-15(9-11-16)17(19)20/h4-7,12,15-16,18H,3,8-11H2,1-2H3,(H,19,20). The predicted octanol–water partition coefficient (Wildman–Crippen LogP) is 3.54. The Bertz CT molecular complexity index is 433. The Morgan fingerprint density at radius 3 is 2.35 bits per heavy atom. The summed E-state index contributed by atoms with van der Waals surface area (Å²) in [4.78, 5) is 10.9. The predicted molar refractivity (Wildman–Crippen MR) is 80.8 cm³/mol. The third-order valence-corrected chi connectivity index (χ3v) is 4.45. The Morgan fingerprint density at radius 2 is 1.85 bits per heavy atom. The number of hydrogen-bond acceptors (Lipinski definition) is 2. The van der Waals surface area contributed by atoms with Gasteiger partial charge >= 0.3 is 5.97 Å². The van der Waals surface area contributed by atoms with Crippen molar-refractivity contribution in [3.63, 3.8) is 0 Å². The van der Waals surface area contributed by atoms with E-state index in [4.69, 9.17) is 5.11 Å². The van der Waals surface area contributed by atoms with Crippen molar-refractivity contribution in [2.75, 3.05) is 0 Å². The minimum atomic E-state index is -0.633. The monoisotopic (exact) mass is 275 g/mol. The Balaban J connectivity index is 1.85. The van der Waals surface area contributed by atoms with Crippen LogP contribution >= 0.6 is 0 Å². The van der Waals surface area contributed by atoms with Crippen molar-refractivity contribution in [3.8, 4) is 0 Å². The van der Waals surface area contributed by atoms with Gasteiger partial charge in [-0.25, -0.2) is 0 Å². The SMILES string of the molecule is CCc1ccc(C(C)NC2CCC(C(=O)O)CC2)cc1. The normalized spacial score (nSPS) is 24.3. The van der Waals surface area contributed by atoms with Gasteiger partial charge in [-0.05, 0) is 50.2 Å². The molecule has 2 rings (SSSR count). The molecule has 0 heterocycles. The Kier molecular flexibility index (Phi) is 5.18.